The first-order chi connectivity index (χ1) is 6.39. The third-order valence-corrected chi connectivity index (χ3v) is 2.54. The summed E-state index contributed by atoms with van der Waals surface area (Å²) >= 11 is 0. The van der Waals surface area contributed by atoms with Crippen molar-refractivity contribution in [3.8, 4) is 0 Å². The molecule has 0 aliphatic carbocycles. The van der Waals surface area contributed by atoms with Gasteiger partial charge in [-0.05, 0) is 24.3 Å². The SMILES string of the molecule is O=S(=O)=Nc1ccc(S(=O)(=O)O)cc1. The lowest BCUT2D eigenvalue weighted by atomic mass is 10.3. The average molecular weight is 235 g/mol. The van der Waals surface area contributed by atoms with Crippen LogP contribution in [0.4, 0.5) is 5.69 Å². The summed E-state index contributed by atoms with van der Waals surface area (Å²) in [5.74, 6) is 0. The topological polar surface area (TPSA) is 101 Å². The van der Waals surface area contributed by atoms with Crippen LogP contribution in [0.25, 0.3) is 0 Å². The lowest BCUT2D eigenvalue weighted by molar-refractivity contribution is 0.483. The first-order valence-corrected chi connectivity index (χ1v) is 5.75. The number of nitrogens with zero attached hydrogens (tertiary/aromatic N) is 1. The molecule has 0 fully saturated rings. The summed E-state index contributed by atoms with van der Waals surface area (Å²) in [6.45, 7) is 0. The van der Waals surface area contributed by atoms with Crippen molar-refractivity contribution in [2.24, 2.45) is 4.36 Å². The summed E-state index contributed by atoms with van der Waals surface area (Å²) in [5.41, 5.74) is 0.0886. The lowest BCUT2D eigenvalue weighted by Crippen LogP contribution is -1.96. The highest BCUT2D eigenvalue weighted by Crippen LogP contribution is 2.15. The predicted octanol–water partition coefficient (Wildman–Crippen LogP) is 0.627. The van der Waals surface area contributed by atoms with E-state index in [1.165, 1.54) is 12.1 Å². The van der Waals surface area contributed by atoms with Crippen molar-refractivity contribution in [3.63, 3.8) is 0 Å². The highest BCUT2D eigenvalue weighted by Gasteiger charge is 2.07. The predicted molar refractivity (Wildman–Crippen MR) is 47.3 cm³/mol. The van der Waals surface area contributed by atoms with Gasteiger partial charge in [-0.25, -0.2) is 0 Å². The van der Waals surface area contributed by atoms with Crippen molar-refractivity contribution < 1.29 is 21.4 Å². The van der Waals surface area contributed by atoms with E-state index in [1.807, 2.05) is 0 Å². The van der Waals surface area contributed by atoms with E-state index in [0.29, 0.717) is 0 Å². The smallest absolute Gasteiger partial charge is 0.282 e. The van der Waals surface area contributed by atoms with Crippen LogP contribution in [0.1, 0.15) is 0 Å². The Morgan fingerprint density at radius 3 is 2.00 bits per heavy atom. The van der Waals surface area contributed by atoms with E-state index in [4.69, 9.17) is 4.55 Å². The largest absolute Gasteiger partial charge is 0.316 e. The first-order valence-electron chi connectivity index (χ1n) is 3.28. The minimum absolute atomic E-state index is 0.0886. The Kier molecular flexibility index (Phi) is 2.99. The van der Waals surface area contributed by atoms with E-state index in [0.717, 1.165) is 12.1 Å². The molecule has 14 heavy (non-hydrogen) atoms. The third kappa shape index (κ3) is 2.91. The van der Waals surface area contributed by atoms with Gasteiger partial charge in [0.1, 0.15) is 0 Å². The summed E-state index contributed by atoms with van der Waals surface area (Å²) < 4.78 is 53.1. The average Bonchev–Trinajstić information content (AvgIpc) is 2.02. The van der Waals surface area contributed by atoms with Gasteiger partial charge in [-0.1, -0.05) is 0 Å². The molecule has 0 saturated carbocycles. The van der Waals surface area contributed by atoms with Gasteiger partial charge in [-0.15, -0.1) is 4.36 Å². The minimum atomic E-state index is -4.24. The molecule has 1 aromatic rings. The van der Waals surface area contributed by atoms with Crippen LogP contribution in [-0.2, 0) is 20.6 Å². The molecule has 0 aromatic heterocycles. The molecule has 0 aliphatic rings. The molecule has 0 spiro atoms. The van der Waals surface area contributed by atoms with Crippen LogP contribution in [0.2, 0.25) is 0 Å². The van der Waals surface area contributed by atoms with Gasteiger partial charge >= 0.3 is 10.5 Å². The van der Waals surface area contributed by atoms with Gasteiger partial charge in [0.05, 0.1) is 10.6 Å². The van der Waals surface area contributed by atoms with E-state index >= 15 is 0 Å². The summed E-state index contributed by atoms with van der Waals surface area (Å²) in [6.07, 6.45) is 0. The van der Waals surface area contributed by atoms with E-state index in [2.05, 4.69) is 4.36 Å². The maximum absolute atomic E-state index is 10.6. The van der Waals surface area contributed by atoms with E-state index in [1.54, 1.807) is 0 Å². The fraction of sp³-hybridized carbons (Fsp3) is 0. The Balaban J connectivity index is 3.20. The van der Waals surface area contributed by atoms with Crippen molar-refractivity contribution >= 4 is 26.3 Å². The Bertz CT molecular complexity index is 547. The van der Waals surface area contributed by atoms with Gasteiger partial charge in [0, 0.05) is 0 Å². The highest BCUT2D eigenvalue weighted by atomic mass is 32.2. The molecule has 6 nitrogen and oxygen atoms in total. The molecule has 0 saturated heterocycles. The van der Waals surface area contributed by atoms with Crippen molar-refractivity contribution in [1.82, 2.24) is 0 Å². The number of hydrogen-bond donors (Lipinski definition) is 1. The monoisotopic (exact) mass is 235 g/mol. The number of rotatable bonds is 2. The van der Waals surface area contributed by atoms with Gasteiger partial charge in [0.15, 0.2) is 0 Å². The van der Waals surface area contributed by atoms with Gasteiger partial charge < -0.3 is 0 Å². The van der Waals surface area contributed by atoms with Crippen LogP contribution >= 0.6 is 0 Å². The van der Waals surface area contributed by atoms with E-state index < -0.39 is 20.6 Å². The molecule has 0 atom stereocenters. The zero-order chi connectivity index (χ0) is 10.8. The number of hydrogen-bond acceptors (Lipinski definition) is 5. The van der Waals surface area contributed by atoms with Gasteiger partial charge in [-0.2, -0.15) is 16.8 Å². The van der Waals surface area contributed by atoms with Gasteiger partial charge in [0.25, 0.3) is 10.1 Å². The summed E-state index contributed by atoms with van der Waals surface area (Å²) in [4.78, 5) is -0.312. The first kappa shape index (κ1) is 10.8. The Hall–Kier alpha value is -1.25. The maximum atomic E-state index is 10.6. The van der Waals surface area contributed by atoms with Crippen molar-refractivity contribution in [2.75, 3.05) is 0 Å². The fourth-order valence-electron chi connectivity index (χ4n) is 0.765. The Labute approximate surface area is 81.7 Å². The second kappa shape index (κ2) is 3.86. The normalized spacial score (nSPS) is 10.9. The van der Waals surface area contributed by atoms with Gasteiger partial charge in [0.2, 0.25) is 0 Å². The molecular formula is C6H5NO5S2. The summed E-state index contributed by atoms with van der Waals surface area (Å²) in [5, 5.41) is 0. The van der Waals surface area contributed by atoms with E-state index in [-0.39, 0.29) is 10.6 Å². The summed E-state index contributed by atoms with van der Waals surface area (Å²) in [7, 11) is -6.82. The van der Waals surface area contributed by atoms with Crippen molar-refractivity contribution in [2.45, 2.75) is 4.90 Å². The third-order valence-electron chi connectivity index (χ3n) is 1.31. The van der Waals surface area contributed by atoms with Crippen LogP contribution in [0.5, 0.6) is 0 Å². The van der Waals surface area contributed by atoms with Crippen LogP contribution in [0, 0.1) is 0 Å². The lowest BCUT2D eigenvalue weighted by Gasteiger charge is -1.95. The van der Waals surface area contributed by atoms with Crippen LogP contribution in [0.3, 0.4) is 0 Å². The molecule has 8 heteroatoms. The Morgan fingerprint density at radius 1 is 1.14 bits per heavy atom. The zero-order valence-electron chi connectivity index (χ0n) is 6.65. The Morgan fingerprint density at radius 2 is 1.64 bits per heavy atom. The maximum Gasteiger partial charge on any atom is 0.316 e. The molecular weight excluding hydrogens is 230 g/mol. The second-order valence-corrected chi connectivity index (χ2v) is 4.32. The molecule has 1 rings (SSSR count). The molecule has 0 bridgehead atoms. The zero-order valence-corrected chi connectivity index (χ0v) is 8.29. The van der Waals surface area contributed by atoms with Gasteiger partial charge in [-0.3, -0.25) is 4.55 Å². The van der Waals surface area contributed by atoms with Crippen molar-refractivity contribution in [3.05, 3.63) is 24.3 Å². The van der Waals surface area contributed by atoms with Crippen LogP contribution in [-0.4, -0.2) is 21.4 Å². The molecule has 0 heterocycles. The van der Waals surface area contributed by atoms with Crippen LogP contribution in [0.15, 0.2) is 33.5 Å². The quantitative estimate of drug-likeness (QED) is 0.757. The molecule has 76 valence electrons. The van der Waals surface area contributed by atoms with Crippen LogP contribution < -0.4 is 0 Å². The second-order valence-electron chi connectivity index (χ2n) is 2.28. The fourth-order valence-corrected chi connectivity index (χ4v) is 1.54. The van der Waals surface area contributed by atoms with Crippen molar-refractivity contribution in [1.29, 1.82) is 0 Å². The molecule has 0 aliphatic heterocycles. The minimum Gasteiger partial charge on any atom is -0.282 e. The molecule has 1 aromatic carbocycles. The molecule has 1 N–H and O–H groups in total. The standard InChI is InChI=1S/C6H5NO5S2/c8-13(9)7-5-1-3-6(4-2-5)14(10,11)12/h1-4H,(H,10,11,12). The molecule has 0 unspecified atom stereocenters. The molecule has 0 radical (unpaired) electrons. The number of benzene rings is 1. The highest BCUT2D eigenvalue weighted by molar-refractivity contribution is 7.85. The summed E-state index contributed by atoms with van der Waals surface area (Å²) in [6, 6.07) is 4.44. The van der Waals surface area contributed by atoms with E-state index in [9.17, 15) is 16.8 Å². The molecule has 0 amide bonds.